The third kappa shape index (κ3) is 2.55. The van der Waals surface area contributed by atoms with E-state index in [0.717, 1.165) is 6.07 Å². The minimum atomic E-state index is -4.55. The number of para-hydroxylation sites is 1. The zero-order valence-corrected chi connectivity index (χ0v) is 10.0. The number of hydrogen-bond donors (Lipinski definition) is 2. The van der Waals surface area contributed by atoms with E-state index in [0.29, 0.717) is 5.56 Å². The molecule has 0 saturated carbocycles. The molecule has 102 valence electrons. The van der Waals surface area contributed by atoms with Crippen LogP contribution < -0.4 is 5.73 Å². The van der Waals surface area contributed by atoms with Gasteiger partial charge in [-0.05, 0) is 6.07 Å². The van der Waals surface area contributed by atoms with Crippen LogP contribution >= 0.6 is 0 Å². The molecule has 2 rings (SSSR count). The lowest BCUT2D eigenvalue weighted by Gasteiger charge is -2.16. The number of benzene rings is 1. The van der Waals surface area contributed by atoms with Crippen LogP contribution in [0.15, 0.2) is 30.6 Å². The minimum Gasteiger partial charge on any atom is -0.398 e. The summed E-state index contributed by atoms with van der Waals surface area (Å²) in [7, 11) is 1.64. The van der Waals surface area contributed by atoms with E-state index in [1.165, 1.54) is 29.2 Å². The van der Waals surface area contributed by atoms with E-state index in [-0.39, 0.29) is 5.56 Å². The van der Waals surface area contributed by atoms with Crippen molar-refractivity contribution < 1.29 is 18.3 Å². The van der Waals surface area contributed by atoms with Gasteiger partial charge in [0.25, 0.3) is 0 Å². The maximum Gasteiger partial charge on any atom is 0.418 e. The third-order valence-corrected chi connectivity index (χ3v) is 2.78. The fourth-order valence-corrected chi connectivity index (χ4v) is 1.83. The summed E-state index contributed by atoms with van der Waals surface area (Å²) in [6.07, 6.45) is -2.89. The Morgan fingerprint density at radius 1 is 1.37 bits per heavy atom. The average Bonchev–Trinajstić information content (AvgIpc) is 2.74. The molecule has 3 N–H and O–H groups in total. The first-order valence-electron chi connectivity index (χ1n) is 5.43. The molecule has 7 heteroatoms. The van der Waals surface area contributed by atoms with E-state index < -0.39 is 23.5 Å². The molecule has 0 amide bonds. The highest BCUT2D eigenvalue weighted by Crippen LogP contribution is 2.37. The number of nitrogens with two attached hydrogens (primary N) is 1. The molecule has 0 aliphatic rings. The number of aliphatic hydroxyl groups is 1. The van der Waals surface area contributed by atoms with Gasteiger partial charge in [-0.15, -0.1) is 0 Å². The number of anilines is 1. The van der Waals surface area contributed by atoms with Gasteiger partial charge in [0.15, 0.2) is 0 Å². The number of nitrogens with zero attached hydrogens (tertiary/aromatic N) is 2. The zero-order valence-electron chi connectivity index (χ0n) is 10.0. The van der Waals surface area contributed by atoms with Crippen molar-refractivity contribution in [2.45, 2.75) is 12.3 Å². The van der Waals surface area contributed by atoms with Crippen LogP contribution in [0.25, 0.3) is 0 Å². The molecule has 1 aromatic heterocycles. The molecule has 0 fully saturated rings. The molecule has 1 atom stereocenters. The van der Waals surface area contributed by atoms with Crippen molar-refractivity contribution in [3.63, 3.8) is 0 Å². The van der Waals surface area contributed by atoms with E-state index in [4.69, 9.17) is 5.73 Å². The van der Waals surface area contributed by atoms with Gasteiger partial charge in [-0.25, -0.2) is 0 Å². The third-order valence-electron chi connectivity index (χ3n) is 2.78. The minimum absolute atomic E-state index is 0.0165. The van der Waals surface area contributed by atoms with Crippen LogP contribution in [0.1, 0.15) is 22.8 Å². The van der Waals surface area contributed by atoms with Gasteiger partial charge in [-0.1, -0.05) is 12.1 Å². The predicted molar refractivity (Wildman–Crippen MR) is 63.1 cm³/mol. The smallest absolute Gasteiger partial charge is 0.398 e. The number of aromatic nitrogens is 2. The van der Waals surface area contributed by atoms with E-state index in [1.54, 1.807) is 7.05 Å². The Bertz CT molecular complexity index is 592. The maximum absolute atomic E-state index is 12.7. The molecule has 0 saturated heterocycles. The Labute approximate surface area is 107 Å². The van der Waals surface area contributed by atoms with Gasteiger partial charge < -0.3 is 10.8 Å². The molecule has 1 heterocycles. The number of hydrogen-bond acceptors (Lipinski definition) is 3. The van der Waals surface area contributed by atoms with Gasteiger partial charge in [0, 0.05) is 30.1 Å². The lowest BCUT2D eigenvalue weighted by Crippen LogP contribution is -2.12. The second kappa shape index (κ2) is 4.58. The van der Waals surface area contributed by atoms with Crippen LogP contribution in [0.2, 0.25) is 0 Å². The molecular weight excluding hydrogens is 259 g/mol. The first kappa shape index (κ1) is 13.4. The number of aliphatic hydroxyl groups excluding tert-OH is 1. The second-order valence-electron chi connectivity index (χ2n) is 4.16. The van der Waals surface area contributed by atoms with Crippen molar-refractivity contribution in [3.8, 4) is 0 Å². The van der Waals surface area contributed by atoms with Crippen LogP contribution in [0.4, 0.5) is 18.9 Å². The van der Waals surface area contributed by atoms with Crippen molar-refractivity contribution in [2.24, 2.45) is 7.05 Å². The predicted octanol–water partition coefficient (Wildman–Crippen LogP) is 2.10. The molecule has 19 heavy (non-hydrogen) atoms. The quantitative estimate of drug-likeness (QED) is 0.822. The van der Waals surface area contributed by atoms with Gasteiger partial charge in [-0.3, -0.25) is 4.68 Å². The van der Waals surface area contributed by atoms with Crippen molar-refractivity contribution in [3.05, 3.63) is 47.3 Å². The fraction of sp³-hybridized carbons (Fsp3) is 0.250. The SMILES string of the molecule is Cn1cc(C(O)c2cccc(C(F)(F)F)c2N)cn1. The molecule has 2 aromatic rings. The van der Waals surface area contributed by atoms with E-state index in [1.807, 2.05) is 0 Å². The highest BCUT2D eigenvalue weighted by molar-refractivity contribution is 5.57. The van der Waals surface area contributed by atoms with Crippen LogP contribution in [0.3, 0.4) is 0 Å². The molecule has 0 aliphatic heterocycles. The van der Waals surface area contributed by atoms with E-state index in [9.17, 15) is 18.3 Å². The summed E-state index contributed by atoms with van der Waals surface area (Å²) in [6.45, 7) is 0. The summed E-state index contributed by atoms with van der Waals surface area (Å²) in [6, 6.07) is 3.46. The Hall–Kier alpha value is -2.02. The van der Waals surface area contributed by atoms with Crippen LogP contribution in [0, 0.1) is 0 Å². The number of nitrogen functional groups attached to an aromatic ring is 1. The van der Waals surface area contributed by atoms with Crippen molar-refractivity contribution >= 4 is 5.69 Å². The number of aryl methyl sites for hydroxylation is 1. The Balaban J connectivity index is 2.46. The fourth-order valence-electron chi connectivity index (χ4n) is 1.83. The number of alkyl halides is 3. The van der Waals surface area contributed by atoms with Gasteiger partial charge >= 0.3 is 6.18 Å². The highest BCUT2D eigenvalue weighted by Gasteiger charge is 2.34. The lowest BCUT2D eigenvalue weighted by atomic mass is 9.99. The average molecular weight is 271 g/mol. The maximum atomic E-state index is 12.7. The molecule has 4 nitrogen and oxygen atoms in total. The first-order valence-corrected chi connectivity index (χ1v) is 5.43. The van der Waals surface area contributed by atoms with Crippen LogP contribution in [-0.4, -0.2) is 14.9 Å². The molecule has 0 spiro atoms. The van der Waals surface area contributed by atoms with Gasteiger partial charge in [0.1, 0.15) is 6.10 Å². The standard InChI is InChI=1S/C12H12F3N3O/c1-18-6-7(5-17-18)11(19)8-3-2-4-9(10(8)16)12(13,14)15/h2-6,11,19H,16H2,1H3. The van der Waals surface area contributed by atoms with E-state index in [2.05, 4.69) is 5.10 Å². The zero-order chi connectivity index (χ0) is 14.2. The van der Waals surface area contributed by atoms with Gasteiger partial charge in [0.05, 0.1) is 11.8 Å². The van der Waals surface area contributed by atoms with Gasteiger partial charge in [-0.2, -0.15) is 18.3 Å². The van der Waals surface area contributed by atoms with Crippen molar-refractivity contribution in [1.29, 1.82) is 0 Å². The van der Waals surface area contributed by atoms with Crippen LogP contribution in [0.5, 0.6) is 0 Å². The molecule has 1 unspecified atom stereocenters. The molecule has 0 bridgehead atoms. The largest absolute Gasteiger partial charge is 0.418 e. The Kier molecular flexibility index (Phi) is 3.23. The molecule has 0 radical (unpaired) electrons. The van der Waals surface area contributed by atoms with Crippen molar-refractivity contribution in [2.75, 3.05) is 5.73 Å². The molecule has 1 aromatic carbocycles. The van der Waals surface area contributed by atoms with Crippen LogP contribution in [-0.2, 0) is 13.2 Å². The summed E-state index contributed by atoms with van der Waals surface area (Å²) in [5, 5.41) is 13.9. The Morgan fingerprint density at radius 2 is 2.05 bits per heavy atom. The summed E-state index contributed by atoms with van der Waals surface area (Å²) < 4.78 is 39.6. The summed E-state index contributed by atoms with van der Waals surface area (Å²) in [4.78, 5) is 0. The number of halogens is 3. The summed E-state index contributed by atoms with van der Waals surface area (Å²) in [5.74, 6) is 0. The van der Waals surface area contributed by atoms with Crippen molar-refractivity contribution in [1.82, 2.24) is 9.78 Å². The highest BCUT2D eigenvalue weighted by atomic mass is 19.4. The normalized spacial score (nSPS) is 13.5. The molecule has 0 aliphatic carbocycles. The second-order valence-corrected chi connectivity index (χ2v) is 4.16. The monoisotopic (exact) mass is 271 g/mol. The molecular formula is C12H12F3N3O. The summed E-state index contributed by atoms with van der Waals surface area (Å²) >= 11 is 0. The van der Waals surface area contributed by atoms with E-state index >= 15 is 0 Å². The van der Waals surface area contributed by atoms with Gasteiger partial charge in [0.2, 0.25) is 0 Å². The lowest BCUT2D eigenvalue weighted by molar-refractivity contribution is -0.137. The topological polar surface area (TPSA) is 64.1 Å². The first-order chi connectivity index (χ1) is 8.80. The number of rotatable bonds is 2. The summed E-state index contributed by atoms with van der Waals surface area (Å²) in [5.41, 5.74) is 4.49. The Morgan fingerprint density at radius 3 is 2.58 bits per heavy atom.